The van der Waals surface area contributed by atoms with Crippen molar-refractivity contribution in [1.29, 1.82) is 0 Å². The lowest BCUT2D eigenvalue weighted by Crippen LogP contribution is -2.31. The highest BCUT2D eigenvalue weighted by Gasteiger charge is 2.41. The predicted octanol–water partition coefficient (Wildman–Crippen LogP) is 4.76. The van der Waals surface area contributed by atoms with E-state index in [9.17, 15) is 14.7 Å². The summed E-state index contributed by atoms with van der Waals surface area (Å²) in [6.07, 6.45) is 4.43. The first kappa shape index (κ1) is 23.2. The molecule has 4 aromatic rings. The average Bonchev–Trinajstić information content (AvgIpc) is 3.15. The number of carboxylic acids is 1. The Bertz CT molecular complexity index is 1470. The predicted molar refractivity (Wildman–Crippen MR) is 134 cm³/mol. The lowest BCUT2D eigenvalue weighted by molar-refractivity contribution is -0.146. The summed E-state index contributed by atoms with van der Waals surface area (Å²) < 4.78 is 3.46. The SMILES string of the molecule is CCc1nn2c(nnc3c(=O)n(C4CCC(C(=O)O)C(C)(C)CC4C)ccc32)c1-c1ccccc1. The molecular weight excluding hydrogens is 442 g/mol. The van der Waals surface area contributed by atoms with Gasteiger partial charge in [0, 0.05) is 12.2 Å². The van der Waals surface area contributed by atoms with E-state index in [1.54, 1.807) is 9.08 Å². The first-order valence-corrected chi connectivity index (χ1v) is 12.3. The van der Waals surface area contributed by atoms with Crippen LogP contribution in [-0.2, 0) is 11.2 Å². The molecule has 35 heavy (non-hydrogen) atoms. The van der Waals surface area contributed by atoms with Gasteiger partial charge in [-0.2, -0.15) is 5.10 Å². The van der Waals surface area contributed by atoms with E-state index in [0.717, 1.165) is 29.7 Å². The van der Waals surface area contributed by atoms with Crippen LogP contribution in [0.5, 0.6) is 0 Å². The van der Waals surface area contributed by atoms with E-state index in [2.05, 4.69) is 24.0 Å². The van der Waals surface area contributed by atoms with Gasteiger partial charge in [-0.15, -0.1) is 10.2 Å². The van der Waals surface area contributed by atoms with Crippen molar-refractivity contribution < 1.29 is 9.90 Å². The van der Waals surface area contributed by atoms with E-state index < -0.39 is 11.9 Å². The average molecular weight is 474 g/mol. The first-order valence-electron chi connectivity index (χ1n) is 12.3. The molecule has 0 aliphatic heterocycles. The second kappa shape index (κ2) is 8.59. The van der Waals surface area contributed by atoms with Crippen molar-refractivity contribution in [3.8, 4) is 11.1 Å². The molecule has 0 radical (unpaired) electrons. The molecule has 8 heteroatoms. The van der Waals surface area contributed by atoms with Gasteiger partial charge >= 0.3 is 5.97 Å². The zero-order chi connectivity index (χ0) is 24.9. The zero-order valence-electron chi connectivity index (χ0n) is 20.6. The van der Waals surface area contributed by atoms with E-state index in [1.165, 1.54) is 0 Å². The molecule has 3 atom stereocenters. The van der Waals surface area contributed by atoms with Crippen LogP contribution < -0.4 is 5.56 Å². The molecule has 1 saturated carbocycles. The lowest BCUT2D eigenvalue weighted by Gasteiger charge is -2.31. The summed E-state index contributed by atoms with van der Waals surface area (Å²) in [7, 11) is 0. The van der Waals surface area contributed by atoms with Gasteiger partial charge in [0.1, 0.15) is 5.52 Å². The number of aryl methyl sites for hydroxylation is 1. The van der Waals surface area contributed by atoms with Gasteiger partial charge < -0.3 is 9.67 Å². The Balaban J connectivity index is 1.63. The number of hydrogen-bond donors (Lipinski definition) is 1. The fourth-order valence-electron chi connectivity index (χ4n) is 6.01. The van der Waals surface area contributed by atoms with Crippen molar-refractivity contribution in [1.82, 2.24) is 24.4 Å². The van der Waals surface area contributed by atoms with Crippen LogP contribution in [0.15, 0.2) is 47.4 Å². The quantitative estimate of drug-likeness (QED) is 0.429. The number of aromatic nitrogens is 5. The maximum atomic E-state index is 13.6. The highest BCUT2D eigenvalue weighted by Crippen LogP contribution is 2.45. The Kier molecular flexibility index (Phi) is 5.69. The van der Waals surface area contributed by atoms with Gasteiger partial charge in [-0.05, 0) is 48.6 Å². The van der Waals surface area contributed by atoms with Crippen molar-refractivity contribution in [3.63, 3.8) is 0 Å². The first-order chi connectivity index (χ1) is 16.7. The number of benzene rings is 1. The number of fused-ring (bicyclic) bond motifs is 3. The maximum Gasteiger partial charge on any atom is 0.307 e. The number of hydrogen-bond acceptors (Lipinski definition) is 5. The van der Waals surface area contributed by atoms with Crippen molar-refractivity contribution in [2.24, 2.45) is 17.3 Å². The number of pyridine rings is 1. The molecule has 1 N–H and O–H groups in total. The number of carbonyl (C=O) groups is 1. The van der Waals surface area contributed by atoms with Crippen LogP contribution in [0.1, 0.15) is 58.7 Å². The zero-order valence-corrected chi connectivity index (χ0v) is 20.6. The molecule has 1 fully saturated rings. The summed E-state index contributed by atoms with van der Waals surface area (Å²) in [5.74, 6) is -1.05. The van der Waals surface area contributed by atoms with Crippen LogP contribution in [0, 0.1) is 17.3 Å². The Hall–Kier alpha value is -3.55. The second-order valence-electron chi connectivity index (χ2n) is 10.4. The topological polar surface area (TPSA) is 102 Å². The largest absolute Gasteiger partial charge is 0.481 e. The Morgan fingerprint density at radius 2 is 1.89 bits per heavy atom. The number of aliphatic carboxylic acids is 1. The van der Waals surface area contributed by atoms with E-state index in [4.69, 9.17) is 5.10 Å². The smallest absolute Gasteiger partial charge is 0.307 e. The van der Waals surface area contributed by atoms with Gasteiger partial charge in [0.2, 0.25) is 0 Å². The summed E-state index contributed by atoms with van der Waals surface area (Å²) in [5, 5.41) is 23.4. The van der Waals surface area contributed by atoms with Crippen molar-refractivity contribution in [2.45, 2.75) is 59.4 Å². The molecule has 3 aromatic heterocycles. The Morgan fingerprint density at radius 1 is 1.14 bits per heavy atom. The van der Waals surface area contributed by atoms with Gasteiger partial charge in [-0.1, -0.05) is 58.0 Å². The highest BCUT2D eigenvalue weighted by atomic mass is 16.4. The molecular formula is C27H31N5O3. The van der Waals surface area contributed by atoms with E-state index >= 15 is 0 Å². The standard InChI is InChI=1S/C27H31N5O3/c1-5-19-22(17-9-7-6-8-10-17)24-29-28-23-21(32(24)30-19)13-14-31(25(23)33)20-12-11-18(26(34)35)27(3,4)15-16(20)2/h6-10,13-14,16,18,20H,5,11-12,15H2,1-4H3,(H,34,35). The fraction of sp³-hybridized carbons (Fsp3) is 0.444. The van der Waals surface area contributed by atoms with Crippen LogP contribution in [-0.4, -0.2) is 35.5 Å². The number of rotatable bonds is 4. The van der Waals surface area contributed by atoms with Crippen molar-refractivity contribution >= 4 is 22.6 Å². The van der Waals surface area contributed by atoms with Gasteiger partial charge in [-0.25, -0.2) is 4.52 Å². The summed E-state index contributed by atoms with van der Waals surface area (Å²) in [6, 6.07) is 11.8. The molecule has 1 aliphatic carbocycles. The van der Waals surface area contributed by atoms with Gasteiger partial charge in [0.05, 0.1) is 17.2 Å². The minimum Gasteiger partial charge on any atom is -0.481 e. The number of nitrogens with zero attached hydrogens (tertiary/aromatic N) is 5. The van der Waals surface area contributed by atoms with E-state index in [1.807, 2.05) is 56.4 Å². The van der Waals surface area contributed by atoms with E-state index in [-0.39, 0.29) is 28.5 Å². The molecule has 0 saturated heterocycles. The third-order valence-electron chi connectivity index (χ3n) is 7.73. The molecule has 1 aromatic carbocycles. The van der Waals surface area contributed by atoms with Gasteiger partial charge in [0.25, 0.3) is 5.56 Å². The summed E-state index contributed by atoms with van der Waals surface area (Å²) in [5.41, 5.74) is 3.83. The van der Waals surface area contributed by atoms with E-state index in [0.29, 0.717) is 24.0 Å². The lowest BCUT2D eigenvalue weighted by atomic mass is 9.73. The van der Waals surface area contributed by atoms with Gasteiger partial charge in [-0.3, -0.25) is 9.59 Å². The molecule has 0 bridgehead atoms. The molecule has 8 nitrogen and oxygen atoms in total. The molecule has 5 rings (SSSR count). The van der Waals surface area contributed by atoms with Crippen LogP contribution in [0.25, 0.3) is 27.8 Å². The highest BCUT2D eigenvalue weighted by molar-refractivity contribution is 5.84. The minimum atomic E-state index is -0.762. The maximum absolute atomic E-state index is 13.6. The molecule has 1 aliphatic rings. The summed E-state index contributed by atoms with van der Waals surface area (Å²) >= 11 is 0. The van der Waals surface area contributed by atoms with Crippen LogP contribution in [0.2, 0.25) is 0 Å². The van der Waals surface area contributed by atoms with Crippen LogP contribution in [0.3, 0.4) is 0 Å². The number of carboxylic acid groups (broad SMARTS) is 1. The van der Waals surface area contributed by atoms with Crippen molar-refractivity contribution in [3.05, 3.63) is 58.6 Å². The van der Waals surface area contributed by atoms with Gasteiger partial charge in [0.15, 0.2) is 11.2 Å². The Morgan fingerprint density at radius 3 is 2.57 bits per heavy atom. The molecule has 0 spiro atoms. The third-order valence-corrected chi connectivity index (χ3v) is 7.73. The minimum absolute atomic E-state index is 0.100. The molecule has 3 unspecified atom stereocenters. The summed E-state index contributed by atoms with van der Waals surface area (Å²) in [6.45, 7) is 8.19. The normalized spacial score (nSPS) is 22.3. The fourth-order valence-corrected chi connectivity index (χ4v) is 6.01. The van der Waals surface area contributed by atoms with Crippen LogP contribution >= 0.6 is 0 Å². The van der Waals surface area contributed by atoms with Crippen LogP contribution in [0.4, 0.5) is 0 Å². The molecule has 0 amide bonds. The summed E-state index contributed by atoms with van der Waals surface area (Å²) in [4.78, 5) is 25.5. The van der Waals surface area contributed by atoms with Crippen molar-refractivity contribution in [2.75, 3.05) is 0 Å². The Labute approximate surface area is 203 Å². The third kappa shape index (κ3) is 3.81. The monoisotopic (exact) mass is 473 g/mol. The second-order valence-corrected chi connectivity index (χ2v) is 10.4. The molecule has 3 heterocycles. The molecule has 182 valence electrons.